The molecule has 0 aliphatic carbocycles. The van der Waals surface area contributed by atoms with Crippen LogP contribution in [0.1, 0.15) is 55.4 Å². The van der Waals surface area contributed by atoms with Crippen LogP contribution in [-0.4, -0.2) is 43.3 Å². The van der Waals surface area contributed by atoms with E-state index in [1.807, 2.05) is 61.7 Å². The van der Waals surface area contributed by atoms with Gasteiger partial charge < -0.3 is 10.2 Å². The number of halogens is 1. The predicted molar refractivity (Wildman–Crippen MR) is 111 cm³/mol. The van der Waals surface area contributed by atoms with Crippen molar-refractivity contribution in [3.8, 4) is 6.07 Å². The minimum absolute atomic E-state index is 0.0661. The van der Waals surface area contributed by atoms with Crippen LogP contribution in [0.2, 0.25) is 0 Å². The van der Waals surface area contributed by atoms with Crippen molar-refractivity contribution in [3.05, 3.63) is 23.6 Å². The zero-order valence-electron chi connectivity index (χ0n) is 18.7. The number of carbonyl (C=O) groups is 2. The summed E-state index contributed by atoms with van der Waals surface area (Å²) >= 11 is 0. The Kier molecular flexibility index (Phi) is 19.2. The van der Waals surface area contributed by atoms with Crippen molar-refractivity contribution in [1.82, 2.24) is 10.2 Å². The highest BCUT2D eigenvalue weighted by Crippen LogP contribution is 2.06. The average Bonchev–Trinajstić information content (AvgIpc) is 2.58. The Morgan fingerprint density at radius 3 is 1.89 bits per heavy atom. The molecule has 0 aromatic rings. The Morgan fingerprint density at radius 2 is 1.59 bits per heavy atom. The van der Waals surface area contributed by atoms with Gasteiger partial charge in [0.15, 0.2) is 11.6 Å². The number of carbonyl (C=O) groups excluding carboxylic acids is 2. The number of nitriles is 1. The lowest BCUT2D eigenvalue weighted by atomic mass is 10.1. The SMILES string of the molecule is CC.CC(C)/C=C(\C#N)C(=O)NC(C)C.CC(C)C(=O)/C(F)=C/CN(C)C. The van der Waals surface area contributed by atoms with Crippen molar-refractivity contribution >= 4 is 11.7 Å². The van der Waals surface area contributed by atoms with Crippen LogP contribution in [0.3, 0.4) is 0 Å². The highest BCUT2D eigenvalue weighted by molar-refractivity contribution is 5.97. The number of amides is 1. The summed E-state index contributed by atoms with van der Waals surface area (Å²) in [6.07, 6.45) is 2.97. The Labute approximate surface area is 165 Å². The number of nitrogens with zero attached hydrogens (tertiary/aromatic N) is 2. The summed E-state index contributed by atoms with van der Waals surface area (Å²) in [5.74, 6) is -1.38. The fourth-order valence-electron chi connectivity index (χ4n) is 1.48. The number of Topliss-reactive ketones (excluding diaryl/α,β-unsaturated/α-hetero) is 1. The predicted octanol–water partition coefficient (Wildman–Crippen LogP) is 4.27. The fraction of sp³-hybridized carbons (Fsp3) is 0.667. The van der Waals surface area contributed by atoms with Gasteiger partial charge in [0, 0.05) is 18.5 Å². The first-order chi connectivity index (χ1) is 12.4. The minimum Gasteiger partial charge on any atom is -0.349 e. The summed E-state index contributed by atoms with van der Waals surface area (Å²) < 4.78 is 12.9. The van der Waals surface area contributed by atoms with Crippen LogP contribution in [0.15, 0.2) is 23.6 Å². The molecule has 0 unspecified atom stereocenters. The van der Waals surface area contributed by atoms with Crippen LogP contribution in [0.25, 0.3) is 0 Å². The third-order valence-corrected chi connectivity index (χ3v) is 2.68. The van der Waals surface area contributed by atoms with Gasteiger partial charge in [0.25, 0.3) is 5.91 Å². The van der Waals surface area contributed by atoms with E-state index in [2.05, 4.69) is 5.32 Å². The molecule has 0 saturated carbocycles. The van der Waals surface area contributed by atoms with Gasteiger partial charge in [0.1, 0.15) is 11.6 Å². The van der Waals surface area contributed by atoms with E-state index >= 15 is 0 Å². The lowest BCUT2D eigenvalue weighted by Gasteiger charge is -2.07. The van der Waals surface area contributed by atoms with Crippen LogP contribution in [0.4, 0.5) is 4.39 Å². The molecule has 0 fully saturated rings. The van der Waals surface area contributed by atoms with E-state index in [0.29, 0.717) is 6.54 Å². The number of hydrogen-bond acceptors (Lipinski definition) is 4. The molecular weight excluding hydrogens is 345 g/mol. The number of hydrogen-bond donors (Lipinski definition) is 1. The zero-order valence-corrected chi connectivity index (χ0v) is 18.7. The van der Waals surface area contributed by atoms with Gasteiger partial charge in [0.2, 0.25) is 0 Å². The third kappa shape index (κ3) is 18.6. The van der Waals surface area contributed by atoms with Crippen molar-refractivity contribution in [2.45, 2.75) is 61.4 Å². The Bertz CT molecular complexity index is 528. The van der Waals surface area contributed by atoms with Crippen molar-refractivity contribution in [2.75, 3.05) is 20.6 Å². The topological polar surface area (TPSA) is 73.2 Å². The molecule has 0 spiro atoms. The Balaban J connectivity index is -0.000000391. The molecule has 0 aliphatic rings. The smallest absolute Gasteiger partial charge is 0.261 e. The van der Waals surface area contributed by atoms with E-state index in [1.54, 1.807) is 24.8 Å². The minimum atomic E-state index is -0.626. The Morgan fingerprint density at radius 1 is 1.11 bits per heavy atom. The quantitative estimate of drug-likeness (QED) is 0.526. The number of nitrogens with one attached hydrogen (secondary N) is 1. The summed E-state index contributed by atoms with van der Waals surface area (Å²) in [6.45, 7) is 15.4. The van der Waals surface area contributed by atoms with Gasteiger partial charge in [-0.05, 0) is 39.9 Å². The normalized spacial score (nSPS) is 11.5. The average molecular weight is 384 g/mol. The van der Waals surface area contributed by atoms with E-state index in [9.17, 15) is 14.0 Å². The van der Waals surface area contributed by atoms with Gasteiger partial charge >= 0.3 is 0 Å². The van der Waals surface area contributed by atoms with Gasteiger partial charge in [-0.1, -0.05) is 47.6 Å². The van der Waals surface area contributed by atoms with Crippen molar-refractivity contribution in [3.63, 3.8) is 0 Å². The van der Waals surface area contributed by atoms with Gasteiger partial charge in [-0.15, -0.1) is 0 Å². The molecule has 0 aliphatic heterocycles. The maximum Gasteiger partial charge on any atom is 0.261 e. The molecule has 156 valence electrons. The number of likely N-dealkylation sites (N-methyl/N-ethyl adjacent to an activating group) is 1. The second-order valence-electron chi connectivity index (χ2n) is 6.90. The molecule has 1 N–H and O–H groups in total. The lowest BCUT2D eigenvalue weighted by Crippen LogP contribution is -2.31. The van der Waals surface area contributed by atoms with Gasteiger partial charge in [-0.25, -0.2) is 4.39 Å². The van der Waals surface area contributed by atoms with Gasteiger partial charge in [-0.2, -0.15) is 5.26 Å². The fourth-order valence-corrected chi connectivity index (χ4v) is 1.48. The first kappa shape index (κ1) is 29.8. The molecule has 1 amide bonds. The van der Waals surface area contributed by atoms with Crippen molar-refractivity contribution in [2.24, 2.45) is 11.8 Å². The maximum absolute atomic E-state index is 12.9. The van der Waals surface area contributed by atoms with Crippen molar-refractivity contribution in [1.29, 1.82) is 5.26 Å². The second-order valence-corrected chi connectivity index (χ2v) is 6.90. The van der Waals surface area contributed by atoms with E-state index < -0.39 is 11.6 Å². The number of ketones is 1. The number of rotatable bonds is 7. The number of allylic oxidation sites excluding steroid dienone is 2. The summed E-state index contributed by atoms with van der Waals surface area (Å²) in [7, 11) is 3.65. The third-order valence-electron chi connectivity index (χ3n) is 2.68. The lowest BCUT2D eigenvalue weighted by molar-refractivity contribution is -0.119. The molecule has 0 aromatic heterocycles. The van der Waals surface area contributed by atoms with E-state index in [4.69, 9.17) is 5.26 Å². The highest BCUT2D eigenvalue weighted by atomic mass is 19.1. The highest BCUT2D eigenvalue weighted by Gasteiger charge is 2.12. The van der Waals surface area contributed by atoms with Crippen LogP contribution in [-0.2, 0) is 9.59 Å². The van der Waals surface area contributed by atoms with E-state index in [0.717, 1.165) is 0 Å². The van der Waals surface area contributed by atoms with Crippen molar-refractivity contribution < 1.29 is 14.0 Å². The standard InChI is InChI=1S/C10H16N2O.C9H16FNO.C2H6/c1-7(2)5-9(6-11)10(13)12-8(3)4;1-7(2)9(12)8(10)5-6-11(3)4;1-2/h5,7-8H,1-4H3,(H,12,13);5,7H,6H2,1-4H3;1-2H3/b9-5+;8-5-;. The summed E-state index contributed by atoms with van der Waals surface area (Å²) in [5.41, 5.74) is 0.198. The first-order valence-electron chi connectivity index (χ1n) is 9.39. The van der Waals surface area contributed by atoms with Gasteiger partial charge in [0.05, 0.1) is 0 Å². The first-order valence-corrected chi connectivity index (χ1v) is 9.39. The van der Waals surface area contributed by atoms with Crippen LogP contribution in [0, 0.1) is 23.2 Å². The van der Waals surface area contributed by atoms with E-state index in [1.165, 1.54) is 6.08 Å². The maximum atomic E-state index is 12.9. The molecule has 6 heteroatoms. The second kappa shape index (κ2) is 17.4. The Hall–Kier alpha value is -2.00. The van der Waals surface area contributed by atoms with Crippen LogP contribution < -0.4 is 5.32 Å². The summed E-state index contributed by atoms with van der Waals surface area (Å²) in [5, 5.41) is 11.3. The molecule has 0 saturated heterocycles. The molecule has 0 radical (unpaired) electrons. The molecule has 0 bridgehead atoms. The summed E-state index contributed by atoms with van der Waals surface area (Å²) in [6, 6.07) is 1.95. The largest absolute Gasteiger partial charge is 0.349 e. The van der Waals surface area contributed by atoms with Gasteiger partial charge in [-0.3, -0.25) is 9.59 Å². The molecule has 0 heterocycles. The van der Waals surface area contributed by atoms with E-state index in [-0.39, 0.29) is 29.4 Å². The molecule has 0 aromatic carbocycles. The molecule has 5 nitrogen and oxygen atoms in total. The molecule has 0 atom stereocenters. The zero-order chi connectivity index (χ0) is 22.2. The van der Waals surface area contributed by atoms with Crippen LogP contribution >= 0.6 is 0 Å². The molecular formula is C21H38FN3O2. The molecule has 0 rings (SSSR count). The molecule has 27 heavy (non-hydrogen) atoms. The monoisotopic (exact) mass is 383 g/mol. The summed E-state index contributed by atoms with van der Waals surface area (Å²) in [4.78, 5) is 24.1. The van der Waals surface area contributed by atoms with Crippen LogP contribution in [0.5, 0.6) is 0 Å².